The zero-order valence-electron chi connectivity index (χ0n) is 9.05. The molecule has 0 spiro atoms. The fraction of sp³-hybridized carbons (Fsp3) is 0.909. The molecule has 0 heterocycles. The van der Waals surface area contributed by atoms with Crippen LogP contribution in [-0.4, -0.2) is 19.2 Å². The van der Waals surface area contributed by atoms with Crippen LogP contribution in [0.15, 0.2) is 0 Å². The van der Waals surface area contributed by atoms with Crippen LogP contribution in [0.2, 0.25) is 0 Å². The van der Waals surface area contributed by atoms with Crippen LogP contribution < -0.4 is 5.32 Å². The molecule has 1 amide bonds. The first-order chi connectivity index (χ1) is 6.83. The SMILES string of the molecule is CCNC(=O)OCC1CCCCCC1. The summed E-state index contributed by atoms with van der Waals surface area (Å²) in [6.07, 6.45) is 7.46. The Bertz CT molecular complexity index is 163. The smallest absolute Gasteiger partial charge is 0.407 e. The average molecular weight is 199 g/mol. The van der Waals surface area contributed by atoms with Crippen LogP contribution in [0.4, 0.5) is 4.79 Å². The van der Waals surface area contributed by atoms with Crippen molar-refractivity contribution in [3.8, 4) is 0 Å². The van der Waals surface area contributed by atoms with E-state index in [9.17, 15) is 4.79 Å². The second-order valence-corrected chi connectivity index (χ2v) is 3.99. The Balaban J connectivity index is 2.12. The third-order valence-corrected chi connectivity index (χ3v) is 2.75. The molecule has 0 aromatic rings. The van der Waals surface area contributed by atoms with Gasteiger partial charge >= 0.3 is 6.09 Å². The highest BCUT2D eigenvalue weighted by Crippen LogP contribution is 2.22. The molecule has 1 fully saturated rings. The lowest BCUT2D eigenvalue weighted by atomic mass is 10.0. The third kappa shape index (κ3) is 4.49. The minimum Gasteiger partial charge on any atom is -0.449 e. The molecule has 0 saturated heterocycles. The van der Waals surface area contributed by atoms with Gasteiger partial charge in [-0.2, -0.15) is 0 Å². The Hall–Kier alpha value is -0.730. The van der Waals surface area contributed by atoms with E-state index in [0.29, 0.717) is 19.1 Å². The van der Waals surface area contributed by atoms with Gasteiger partial charge in [0.1, 0.15) is 0 Å². The molecule has 0 aromatic heterocycles. The molecule has 0 aliphatic heterocycles. The first-order valence-electron chi connectivity index (χ1n) is 5.73. The molecule has 0 aromatic carbocycles. The zero-order chi connectivity index (χ0) is 10.2. The van der Waals surface area contributed by atoms with Crippen LogP contribution in [0.3, 0.4) is 0 Å². The second-order valence-electron chi connectivity index (χ2n) is 3.99. The maximum absolute atomic E-state index is 11.0. The lowest BCUT2D eigenvalue weighted by molar-refractivity contribution is 0.123. The number of alkyl carbamates (subject to hydrolysis) is 1. The summed E-state index contributed by atoms with van der Waals surface area (Å²) in [4.78, 5) is 11.0. The van der Waals surface area contributed by atoms with Crippen molar-refractivity contribution in [3.05, 3.63) is 0 Å². The van der Waals surface area contributed by atoms with Gasteiger partial charge in [0, 0.05) is 6.54 Å². The standard InChI is InChI=1S/C11H21NO2/c1-2-12-11(13)14-9-10-7-5-3-4-6-8-10/h10H,2-9H2,1H3,(H,12,13). The zero-order valence-corrected chi connectivity index (χ0v) is 9.05. The van der Waals surface area contributed by atoms with Gasteiger partial charge in [-0.15, -0.1) is 0 Å². The monoisotopic (exact) mass is 199 g/mol. The molecule has 1 saturated carbocycles. The number of rotatable bonds is 3. The third-order valence-electron chi connectivity index (χ3n) is 2.75. The summed E-state index contributed by atoms with van der Waals surface area (Å²) in [6.45, 7) is 3.14. The molecular weight excluding hydrogens is 178 g/mol. The quantitative estimate of drug-likeness (QED) is 0.710. The Kier molecular flexibility index (Phi) is 5.42. The highest BCUT2D eigenvalue weighted by molar-refractivity contribution is 5.66. The molecule has 1 rings (SSSR count). The van der Waals surface area contributed by atoms with E-state index >= 15 is 0 Å². The highest BCUT2D eigenvalue weighted by Gasteiger charge is 2.13. The molecule has 1 aliphatic carbocycles. The number of carbonyl (C=O) groups is 1. The molecule has 1 N–H and O–H groups in total. The van der Waals surface area contributed by atoms with Gasteiger partial charge in [-0.1, -0.05) is 25.7 Å². The normalized spacial score (nSPS) is 18.6. The number of ether oxygens (including phenoxy) is 1. The maximum atomic E-state index is 11.0. The topological polar surface area (TPSA) is 38.3 Å². The number of hydrogen-bond acceptors (Lipinski definition) is 2. The average Bonchev–Trinajstić information content (AvgIpc) is 2.43. The summed E-state index contributed by atoms with van der Waals surface area (Å²) in [5.41, 5.74) is 0. The lowest BCUT2D eigenvalue weighted by Gasteiger charge is -2.13. The lowest BCUT2D eigenvalue weighted by Crippen LogP contribution is -2.26. The molecule has 0 bridgehead atoms. The number of hydrogen-bond donors (Lipinski definition) is 1. The van der Waals surface area contributed by atoms with Gasteiger partial charge in [0.2, 0.25) is 0 Å². The van der Waals surface area contributed by atoms with E-state index in [1.54, 1.807) is 0 Å². The molecule has 3 heteroatoms. The van der Waals surface area contributed by atoms with Crippen molar-refractivity contribution < 1.29 is 9.53 Å². The molecule has 0 radical (unpaired) electrons. The number of carbonyl (C=O) groups excluding carboxylic acids is 1. The van der Waals surface area contributed by atoms with E-state index in [1.165, 1.54) is 38.5 Å². The van der Waals surface area contributed by atoms with Crippen LogP contribution in [-0.2, 0) is 4.74 Å². The number of amides is 1. The largest absolute Gasteiger partial charge is 0.449 e. The minimum atomic E-state index is -0.267. The van der Waals surface area contributed by atoms with Crippen molar-refractivity contribution in [2.45, 2.75) is 45.4 Å². The Morgan fingerprint density at radius 1 is 1.29 bits per heavy atom. The molecule has 1 aliphatic rings. The van der Waals surface area contributed by atoms with Gasteiger partial charge in [-0.25, -0.2) is 4.79 Å². The predicted molar refractivity (Wildman–Crippen MR) is 56.2 cm³/mol. The predicted octanol–water partition coefficient (Wildman–Crippen LogP) is 2.70. The van der Waals surface area contributed by atoms with Crippen molar-refractivity contribution in [3.63, 3.8) is 0 Å². The molecular formula is C11H21NO2. The summed E-state index contributed by atoms with van der Waals surface area (Å²) < 4.78 is 5.13. The van der Waals surface area contributed by atoms with Gasteiger partial charge in [-0.3, -0.25) is 0 Å². The van der Waals surface area contributed by atoms with E-state index < -0.39 is 0 Å². The van der Waals surface area contributed by atoms with Crippen LogP contribution in [0.25, 0.3) is 0 Å². The summed E-state index contributed by atoms with van der Waals surface area (Å²) >= 11 is 0. The summed E-state index contributed by atoms with van der Waals surface area (Å²) in [5.74, 6) is 0.597. The van der Waals surface area contributed by atoms with E-state index in [1.807, 2.05) is 6.92 Å². The summed E-state index contributed by atoms with van der Waals surface area (Å²) in [5, 5.41) is 2.64. The van der Waals surface area contributed by atoms with Crippen LogP contribution in [0.1, 0.15) is 45.4 Å². The molecule has 0 atom stereocenters. The second kappa shape index (κ2) is 6.68. The molecule has 3 nitrogen and oxygen atoms in total. The van der Waals surface area contributed by atoms with Gasteiger partial charge in [-0.05, 0) is 25.7 Å². The van der Waals surface area contributed by atoms with Crippen molar-refractivity contribution >= 4 is 6.09 Å². The fourth-order valence-electron chi connectivity index (χ4n) is 1.92. The first-order valence-corrected chi connectivity index (χ1v) is 5.73. The van der Waals surface area contributed by atoms with Gasteiger partial charge in [0.25, 0.3) is 0 Å². The van der Waals surface area contributed by atoms with Crippen molar-refractivity contribution in [1.29, 1.82) is 0 Å². The van der Waals surface area contributed by atoms with E-state index in [2.05, 4.69) is 5.32 Å². The first kappa shape index (κ1) is 11.3. The Labute approximate surface area is 86.2 Å². The molecule has 14 heavy (non-hydrogen) atoms. The number of nitrogens with one attached hydrogen (secondary N) is 1. The van der Waals surface area contributed by atoms with Gasteiger partial charge < -0.3 is 10.1 Å². The van der Waals surface area contributed by atoms with Crippen molar-refractivity contribution in [2.24, 2.45) is 5.92 Å². The molecule has 0 unspecified atom stereocenters. The van der Waals surface area contributed by atoms with Crippen molar-refractivity contribution in [1.82, 2.24) is 5.32 Å². The summed E-state index contributed by atoms with van der Waals surface area (Å²) in [7, 11) is 0. The highest BCUT2D eigenvalue weighted by atomic mass is 16.5. The van der Waals surface area contributed by atoms with Gasteiger partial charge in [0.15, 0.2) is 0 Å². The van der Waals surface area contributed by atoms with E-state index in [4.69, 9.17) is 4.74 Å². The fourth-order valence-corrected chi connectivity index (χ4v) is 1.92. The molecule has 82 valence electrons. The van der Waals surface area contributed by atoms with Crippen LogP contribution in [0, 0.1) is 5.92 Å². The van der Waals surface area contributed by atoms with Crippen LogP contribution >= 0.6 is 0 Å². The van der Waals surface area contributed by atoms with Crippen molar-refractivity contribution in [2.75, 3.05) is 13.2 Å². The van der Waals surface area contributed by atoms with E-state index in [0.717, 1.165) is 0 Å². The minimum absolute atomic E-state index is 0.267. The van der Waals surface area contributed by atoms with E-state index in [-0.39, 0.29) is 6.09 Å². The van der Waals surface area contributed by atoms with Crippen LogP contribution in [0.5, 0.6) is 0 Å². The maximum Gasteiger partial charge on any atom is 0.407 e. The summed E-state index contributed by atoms with van der Waals surface area (Å²) in [6, 6.07) is 0. The van der Waals surface area contributed by atoms with Gasteiger partial charge in [0.05, 0.1) is 6.61 Å². The Morgan fingerprint density at radius 2 is 1.93 bits per heavy atom. The Morgan fingerprint density at radius 3 is 2.50 bits per heavy atom.